The number of esters is 3. The summed E-state index contributed by atoms with van der Waals surface area (Å²) in [5.74, 6) is -0.857. The van der Waals surface area contributed by atoms with Gasteiger partial charge in [0.25, 0.3) is 0 Å². The Labute approximate surface area is 474 Å². The molecule has 1 unspecified atom stereocenters. The first-order valence-corrected chi connectivity index (χ1v) is 34.0. The van der Waals surface area contributed by atoms with Crippen molar-refractivity contribution in [1.29, 1.82) is 0 Å². The van der Waals surface area contributed by atoms with Crippen LogP contribution in [0.1, 0.15) is 374 Å². The first-order chi connectivity index (χ1) is 37.5. The number of hydrogen-bond donors (Lipinski definition) is 0. The molecule has 6 nitrogen and oxygen atoms in total. The fourth-order valence-electron chi connectivity index (χ4n) is 10.3. The van der Waals surface area contributed by atoms with Gasteiger partial charge in [0.15, 0.2) is 6.10 Å². The van der Waals surface area contributed by atoms with Crippen molar-refractivity contribution >= 4 is 17.9 Å². The van der Waals surface area contributed by atoms with Gasteiger partial charge in [-0.15, -0.1) is 0 Å². The molecule has 0 fully saturated rings. The van der Waals surface area contributed by atoms with Crippen molar-refractivity contribution in [2.45, 2.75) is 380 Å². The molecule has 0 aliphatic carbocycles. The van der Waals surface area contributed by atoms with Crippen molar-refractivity contribution < 1.29 is 28.6 Å². The first kappa shape index (κ1) is 73.6. The maximum absolute atomic E-state index is 12.9. The number of hydrogen-bond acceptors (Lipinski definition) is 6. The Hall–Kier alpha value is -2.37. The topological polar surface area (TPSA) is 78.9 Å². The van der Waals surface area contributed by atoms with Crippen LogP contribution in [0.4, 0.5) is 0 Å². The first-order valence-electron chi connectivity index (χ1n) is 34.0. The summed E-state index contributed by atoms with van der Waals surface area (Å²) in [6.45, 7) is 6.69. The third-order valence-electron chi connectivity index (χ3n) is 15.4. The molecule has 0 aromatic rings. The standard InChI is InChI=1S/C70H130O6/c1-4-7-10-13-16-19-22-25-27-29-31-33-34-35-37-38-40-42-45-48-51-54-57-60-63-69(72)75-66-67(65-74-68(71)62-59-56-53-50-47-44-24-21-18-15-12-9-6-3)76-70(73)64-61-58-55-52-49-46-43-41-39-36-32-30-28-26-23-20-17-14-11-8-5-2/h23,26,30,32,39,41,67H,4-22,24-25,27-29,31,33-38,40,42-66H2,1-3H3/b26-23-,32-30-,41-39-. The molecule has 0 aromatic carbocycles. The molecule has 76 heavy (non-hydrogen) atoms. The summed E-state index contributed by atoms with van der Waals surface area (Å²) < 4.78 is 17.0. The predicted octanol–water partition coefficient (Wildman–Crippen LogP) is 23.2. The second-order valence-corrected chi connectivity index (χ2v) is 23.1. The molecule has 0 radical (unpaired) electrons. The fourth-order valence-corrected chi connectivity index (χ4v) is 10.3. The van der Waals surface area contributed by atoms with Crippen LogP contribution in [0.2, 0.25) is 0 Å². The maximum atomic E-state index is 12.9. The molecule has 0 aliphatic rings. The van der Waals surface area contributed by atoms with Crippen LogP contribution in [0.3, 0.4) is 0 Å². The summed E-state index contributed by atoms with van der Waals surface area (Å²) in [6, 6.07) is 0. The van der Waals surface area contributed by atoms with Crippen LogP contribution in [0.5, 0.6) is 0 Å². The van der Waals surface area contributed by atoms with Crippen LogP contribution in [0.15, 0.2) is 36.5 Å². The molecule has 0 aromatic heterocycles. The van der Waals surface area contributed by atoms with Crippen LogP contribution in [-0.4, -0.2) is 37.2 Å². The van der Waals surface area contributed by atoms with Crippen molar-refractivity contribution in [3.05, 3.63) is 36.5 Å². The van der Waals surface area contributed by atoms with Crippen LogP contribution in [0, 0.1) is 0 Å². The molecule has 0 aliphatic heterocycles. The normalized spacial score (nSPS) is 12.2. The number of unbranched alkanes of at least 4 members (excludes halogenated alkanes) is 46. The molecule has 0 spiro atoms. The lowest BCUT2D eigenvalue weighted by molar-refractivity contribution is -0.167. The lowest BCUT2D eigenvalue weighted by atomic mass is 10.0. The molecule has 0 bridgehead atoms. The van der Waals surface area contributed by atoms with Crippen molar-refractivity contribution in [1.82, 2.24) is 0 Å². The highest BCUT2D eigenvalue weighted by molar-refractivity contribution is 5.71. The van der Waals surface area contributed by atoms with E-state index in [1.165, 1.54) is 257 Å². The molecule has 0 N–H and O–H groups in total. The highest BCUT2D eigenvalue weighted by atomic mass is 16.6. The van der Waals surface area contributed by atoms with Crippen LogP contribution in [0.25, 0.3) is 0 Å². The molecule has 1 atom stereocenters. The average Bonchev–Trinajstić information content (AvgIpc) is 3.42. The van der Waals surface area contributed by atoms with E-state index in [2.05, 4.69) is 57.2 Å². The monoisotopic (exact) mass is 1070 g/mol. The van der Waals surface area contributed by atoms with E-state index < -0.39 is 6.10 Å². The van der Waals surface area contributed by atoms with E-state index >= 15 is 0 Å². The zero-order valence-electron chi connectivity index (χ0n) is 51.3. The van der Waals surface area contributed by atoms with Crippen molar-refractivity contribution in [3.8, 4) is 0 Å². The minimum atomic E-state index is -0.776. The highest BCUT2D eigenvalue weighted by Crippen LogP contribution is 2.18. The van der Waals surface area contributed by atoms with Gasteiger partial charge in [-0.3, -0.25) is 14.4 Å². The zero-order chi connectivity index (χ0) is 55.0. The van der Waals surface area contributed by atoms with Crippen molar-refractivity contribution in [2.24, 2.45) is 0 Å². The Morgan fingerprint density at radius 2 is 0.474 bits per heavy atom. The second kappa shape index (κ2) is 65.2. The van der Waals surface area contributed by atoms with Gasteiger partial charge in [0.05, 0.1) is 0 Å². The maximum Gasteiger partial charge on any atom is 0.306 e. The van der Waals surface area contributed by atoms with Gasteiger partial charge in [-0.25, -0.2) is 0 Å². The smallest absolute Gasteiger partial charge is 0.306 e. The average molecular weight is 1070 g/mol. The van der Waals surface area contributed by atoms with Gasteiger partial charge in [0, 0.05) is 19.3 Å². The second-order valence-electron chi connectivity index (χ2n) is 23.1. The molecular formula is C70H130O6. The third kappa shape index (κ3) is 62.5. The summed E-state index contributed by atoms with van der Waals surface area (Å²) in [5, 5.41) is 0. The SMILES string of the molecule is CCCCCCC/C=C\C/C=C\C/C=C\CCCCCCCCC(=O)OC(COC(=O)CCCCCCCCCCCCCCC)COC(=O)CCCCCCCCCCCCCCCCCCCCCCCCCC. The van der Waals surface area contributed by atoms with Gasteiger partial charge >= 0.3 is 17.9 Å². The van der Waals surface area contributed by atoms with Gasteiger partial charge in [0.2, 0.25) is 0 Å². The molecule has 0 saturated heterocycles. The van der Waals surface area contributed by atoms with Gasteiger partial charge in [-0.05, 0) is 57.8 Å². The van der Waals surface area contributed by atoms with E-state index in [0.717, 1.165) is 77.0 Å². The van der Waals surface area contributed by atoms with Gasteiger partial charge in [-0.2, -0.15) is 0 Å². The molecule has 0 saturated carbocycles. The summed E-state index contributed by atoms with van der Waals surface area (Å²) in [6.07, 6.45) is 80.2. The third-order valence-corrected chi connectivity index (χ3v) is 15.4. The highest BCUT2D eigenvalue weighted by Gasteiger charge is 2.19. The predicted molar refractivity (Wildman–Crippen MR) is 330 cm³/mol. The van der Waals surface area contributed by atoms with Crippen LogP contribution < -0.4 is 0 Å². The fraction of sp³-hybridized carbons (Fsp3) is 0.871. The number of allylic oxidation sites excluding steroid dienone is 6. The summed E-state index contributed by atoms with van der Waals surface area (Å²) in [5.41, 5.74) is 0. The van der Waals surface area contributed by atoms with Gasteiger partial charge < -0.3 is 14.2 Å². The van der Waals surface area contributed by atoms with Crippen molar-refractivity contribution in [3.63, 3.8) is 0 Å². The largest absolute Gasteiger partial charge is 0.462 e. The van der Waals surface area contributed by atoms with E-state index in [9.17, 15) is 14.4 Å². The quantitative estimate of drug-likeness (QED) is 0.0261. The zero-order valence-corrected chi connectivity index (χ0v) is 51.3. The van der Waals surface area contributed by atoms with E-state index in [0.29, 0.717) is 19.3 Å². The molecule has 446 valence electrons. The van der Waals surface area contributed by atoms with Crippen LogP contribution in [-0.2, 0) is 28.6 Å². The van der Waals surface area contributed by atoms with Gasteiger partial charge in [0.1, 0.15) is 13.2 Å². The lowest BCUT2D eigenvalue weighted by Gasteiger charge is -2.18. The molecular weight excluding hydrogens is 937 g/mol. The van der Waals surface area contributed by atoms with Crippen molar-refractivity contribution in [2.75, 3.05) is 13.2 Å². The van der Waals surface area contributed by atoms with Crippen LogP contribution >= 0.6 is 0 Å². The van der Waals surface area contributed by atoms with E-state index in [1.54, 1.807) is 0 Å². The number of carbonyl (C=O) groups is 3. The minimum Gasteiger partial charge on any atom is -0.462 e. The molecule has 0 rings (SSSR count). The van der Waals surface area contributed by atoms with E-state index in [1.807, 2.05) is 0 Å². The van der Waals surface area contributed by atoms with Gasteiger partial charge in [-0.1, -0.05) is 333 Å². The molecule has 0 heterocycles. The summed E-state index contributed by atoms with van der Waals surface area (Å²) in [4.78, 5) is 38.4. The molecule has 6 heteroatoms. The minimum absolute atomic E-state index is 0.0720. The Balaban J connectivity index is 4.27. The van der Waals surface area contributed by atoms with E-state index in [-0.39, 0.29) is 31.1 Å². The number of carbonyl (C=O) groups excluding carboxylic acids is 3. The summed E-state index contributed by atoms with van der Waals surface area (Å²) >= 11 is 0. The number of rotatable bonds is 63. The Bertz CT molecular complexity index is 1270. The Morgan fingerprint density at radius 1 is 0.263 bits per heavy atom. The number of ether oxygens (including phenoxy) is 3. The lowest BCUT2D eigenvalue weighted by Crippen LogP contribution is -2.30. The molecule has 0 amide bonds. The summed E-state index contributed by atoms with van der Waals surface area (Å²) in [7, 11) is 0. The Kier molecular flexibility index (Phi) is 63.1. The van der Waals surface area contributed by atoms with E-state index in [4.69, 9.17) is 14.2 Å². The Morgan fingerprint density at radius 3 is 0.737 bits per heavy atom.